The van der Waals surface area contributed by atoms with Crippen molar-refractivity contribution in [1.82, 2.24) is 20.5 Å². The van der Waals surface area contributed by atoms with E-state index < -0.39 is 5.76 Å². The van der Waals surface area contributed by atoms with Gasteiger partial charge in [0.05, 0.1) is 0 Å². The molecule has 0 amide bonds. The molecule has 3 aromatic rings. The highest BCUT2D eigenvalue weighted by Gasteiger charge is 2.16. The number of fused-ring (bicyclic) bond motifs is 1. The first kappa shape index (κ1) is 20.3. The van der Waals surface area contributed by atoms with Crippen molar-refractivity contribution in [2.24, 2.45) is 0 Å². The molecule has 1 aliphatic rings. The van der Waals surface area contributed by atoms with Crippen LogP contribution in [0.3, 0.4) is 0 Å². The van der Waals surface area contributed by atoms with E-state index in [9.17, 15) is 9.18 Å². The van der Waals surface area contributed by atoms with Gasteiger partial charge in [-0.05, 0) is 52.7 Å². The summed E-state index contributed by atoms with van der Waals surface area (Å²) in [5, 5.41) is 13.8. The Hall–Kier alpha value is -3.06. The number of benzene rings is 1. The third-order valence-electron chi connectivity index (χ3n) is 3.58. The molecular formula is C17H18FN5O3S. The molecule has 2 heterocycles. The lowest BCUT2D eigenvalue weighted by Gasteiger charge is -2.17. The van der Waals surface area contributed by atoms with E-state index in [0.29, 0.717) is 18.1 Å². The fourth-order valence-corrected chi connectivity index (χ4v) is 2.53. The second-order valence-electron chi connectivity index (χ2n) is 5.24. The van der Waals surface area contributed by atoms with Crippen molar-refractivity contribution >= 4 is 17.6 Å². The minimum Gasteiger partial charge on any atom is -0.364 e. The van der Waals surface area contributed by atoms with E-state index in [1.54, 1.807) is 17.8 Å². The first-order valence-corrected chi connectivity index (χ1v) is 9.29. The van der Waals surface area contributed by atoms with Crippen LogP contribution in [0, 0.1) is 18.7 Å². The minimum absolute atomic E-state index is 0.103. The monoisotopic (exact) mass is 391 g/mol. The van der Waals surface area contributed by atoms with E-state index in [1.807, 2.05) is 12.3 Å². The van der Waals surface area contributed by atoms with Crippen LogP contribution in [0.25, 0.3) is 11.5 Å². The SMILES string of the molecule is C#C.CSCCNc1nonc1-c1noc(=O)[nH]1.Fc1ccc2c(c1)CC2. The fourth-order valence-electron chi connectivity index (χ4n) is 2.23. The predicted octanol–water partition coefficient (Wildman–Crippen LogP) is 2.36. The number of terminal acetylenes is 1. The second-order valence-corrected chi connectivity index (χ2v) is 6.22. The van der Waals surface area contributed by atoms with Crippen LogP contribution in [-0.2, 0) is 12.8 Å². The smallest absolute Gasteiger partial charge is 0.364 e. The van der Waals surface area contributed by atoms with E-state index in [2.05, 4.69) is 47.8 Å². The summed E-state index contributed by atoms with van der Waals surface area (Å²) in [6, 6.07) is 5.02. The molecule has 1 aromatic carbocycles. The van der Waals surface area contributed by atoms with Gasteiger partial charge in [0.1, 0.15) is 5.82 Å². The topological polar surface area (TPSA) is 110 Å². The molecule has 8 nitrogen and oxygen atoms in total. The van der Waals surface area contributed by atoms with Crippen molar-refractivity contribution in [2.45, 2.75) is 12.8 Å². The van der Waals surface area contributed by atoms with Gasteiger partial charge in [-0.25, -0.2) is 13.8 Å². The van der Waals surface area contributed by atoms with Crippen LogP contribution < -0.4 is 11.1 Å². The van der Waals surface area contributed by atoms with Gasteiger partial charge in [0, 0.05) is 12.3 Å². The van der Waals surface area contributed by atoms with Crippen LogP contribution in [0.5, 0.6) is 0 Å². The van der Waals surface area contributed by atoms with Gasteiger partial charge in [0.2, 0.25) is 11.6 Å². The normalized spacial score (nSPS) is 11.1. The van der Waals surface area contributed by atoms with E-state index in [-0.39, 0.29) is 11.6 Å². The Morgan fingerprint density at radius 3 is 2.59 bits per heavy atom. The average molecular weight is 391 g/mol. The van der Waals surface area contributed by atoms with Crippen molar-refractivity contribution in [1.29, 1.82) is 0 Å². The molecule has 27 heavy (non-hydrogen) atoms. The molecule has 0 saturated heterocycles. The Kier molecular flexibility index (Phi) is 7.63. The molecule has 0 atom stereocenters. The van der Waals surface area contributed by atoms with Crippen LogP contribution in [0.15, 0.2) is 32.1 Å². The quantitative estimate of drug-likeness (QED) is 0.504. The molecule has 0 spiro atoms. The summed E-state index contributed by atoms with van der Waals surface area (Å²) < 4.78 is 21.3. The van der Waals surface area contributed by atoms with E-state index >= 15 is 0 Å². The molecule has 0 unspecified atom stereocenters. The van der Waals surface area contributed by atoms with Gasteiger partial charge in [-0.2, -0.15) is 11.8 Å². The molecule has 10 heteroatoms. The maximum absolute atomic E-state index is 12.4. The Morgan fingerprint density at radius 1 is 1.26 bits per heavy atom. The molecule has 2 aromatic heterocycles. The highest BCUT2D eigenvalue weighted by molar-refractivity contribution is 7.98. The van der Waals surface area contributed by atoms with E-state index in [0.717, 1.165) is 18.6 Å². The molecular weight excluding hydrogens is 373 g/mol. The summed E-state index contributed by atoms with van der Waals surface area (Å²) in [5.74, 6) is 0.791. The largest absolute Gasteiger partial charge is 0.439 e. The zero-order valence-electron chi connectivity index (χ0n) is 14.6. The Balaban J connectivity index is 0.000000200. The van der Waals surface area contributed by atoms with Crippen LogP contribution in [0.1, 0.15) is 11.1 Å². The van der Waals surface area contributed by atoms with Gasteiger partial charge in [-0.15, -0.1) is 12.8 Å². The van der Waals surface area contributed by atoms with Crippen molar-refractivity contribution in [3.8, 4) is 24.4 Å². The lowest BCUT2D eigenvalue weighted by molar-refractivity contribution is 0.309. The number of nitrogens with one attached hydrogen (secondary N) is 2. The number of aryl methyl sites for hydroxylation is 2. The summed E-state index contributed by atoms with van der Waals surface area (Å²) in [6.45, 7) is 0.713. The van der Waals surface area contributed by atoms with Crippen molar-refractivity contribution in [3.63, 3.8) is 0 Å². The zero-order chi connectivity index (χ0) is 19.6. The van der Waals surface area contributed by atoms with Crippen molar-refractivity contribution in [3.05, 3.63) is 45.7 Å². The summed E-state index contributed by atoms with van der Waals surface area (Å²) in [4.78, 5) is 13.1. The average Bonchev–Trinajstić information content (AvgIpc) is 3.29. The van der Waals surface area contributed by atoms with Gasteiger partial charge in [-0.3, -0.25) is 9.51 Å². The lowest BCUT2D eigenvalue weighted by atomic mass is 9.89. The maximum atomic E-state index is 12.4. The number of rotatable bonds is 5. The molecule has 142 valence electrons. The molecule has 4 rings (SSSR count). The third-order valence-corrected chi connectivity index (χ3v) is 4.20. The third kappa shape index (κ3) is 5.46. The Bertz CT molecular complexity index is 934. The van der Waals surface area contributed by atoms with Gasteiger partial charge in [0.25, 0.3) is 0 Å². The number of hydrogen-bond donors (Lipinski definition) is 2. The molecule has 1 aliphatic carbocycles. The lowest BCUT2D eigenvalue weighted by Crippen LogP contribution is -2.07. The summed E-state index contributed by atoms with van der Waals surface area (Å²) in [5.41, 5.74) is 2.83. The minimum atomic E-state index is -0.645. The van der Waals surface area contributed by atoms with Gasteiger partial charge < -0.3 is 5.32 Å². The predicted molar refractivity (Wildman–Crippen MR) is 101 cm³/mol. The summed E-state index contributed by atoms with van der Waals surface area (Å²) >= 11 is 1.70. The molecule has 2 N–H and O–H groups in total. The van der Waals surface area contributed by atoms with E-state index in [1.165, 1.54) is 17.2 Å². The molecule has 0 bridgehead atoms. The first-order chi connectivity index (χ1) is 13.2. The van der Waals surface area contributed by atoms with E-state index in [4.69, 9.17) is 0 Å². The van der Waals surface area contributed by atoms with Gasteiger partial charge >= 0.3 is 5.76 Å². The molecule has 0 aliphatic heterocycles. The Labute approximate surface area is 158 Å². The zero-order valence-corrected chi connectivity index (χ0v) is 15.4. The standard InChI is InChI=1S/C8H7F.C7H9N5O3S.C2H2/c9-8-4-3-6-1-2-7(6)5-8;1-16-3-2-8-5-4(10-15-12-5)6-9-7(13)14-11-6;1-2/h3-5H,1-2H2;2-3H2,1H3,(H,8,12)(H,9,11,13);1-2H. The van der Waals surface area contributed by atoms with Crippen molar-refractivity contribution < 1.29 is 13.5 Å². The highest BCUT2D eigenvalue weighted by atomic mass is 32.2. The summed E-state index contributed by atoms with van der Waals surface area (Å²) in [6.07, 6.45) is 12.2. The number of hydrogen-bond acceptors (Lipinski definition) is 8. The van der Waals surface area contributed by atoms with Gasteiger partial charge in [-0.1, -0.05) is 11.2 Å². The number of thioether (sulfide) groups is 1. The van der Waals surface area contributed by atoms with Crippen LogP contribution >= 0.6 is 11.8 Å². The number of H-pyrrole nitrogens is 1. The fraction of sp³-hybridized carbons (Fsp3) is 0.294. The van der Waals surface area contributed by atoms with Gasteiger partial charge in [0.15, 0.2) is 5.69 Å². The second kappa shape index (κ2) is 10.2. The first-order valence-electron chi connectivity index (χ1n) is 7.89. The van der Waals surface area contributed by atoms with Crippen LogP contribution in [0.4, 0.5) is 10.2 Å². The number of aromatic amines is 1. The number of nitrogens with zero attached hydrogens (tertiary/aromatic N) is 3. The molecule has 0 saturated carbocycles. The van der Waals surface area contributed by atoms with Crippen LogP contribution in [0.2, 0.25) is 0 Å². The number of aromatic nitrogens is 4. The summed E-state index contributed by atoms with van der Waals surface area (Å²) in [7, 11) is 0. The number of halogens is 1. The van der Waals surface area contributed by atoms with Crippen molar-refractivity contribution in [2.75, 3.05) is 23.9 Å². The molecule has 0 radical (unpaired) electrons. The number of anilines is 1. The highest BCUT2D eigenvalue weighted by Crippen LogP contribution is 2.22. The maximum Gasteiger partial charge on any atom is 0.439 e. The van der Waals surface area contributed by atoms with Crippen LogP contribution in [-0.4, -0.2) is 39.0 Å². The Morgan fingerprint density at radius 2 is 2.04 bits per heavy atom. The molecule has 0 fully saturated rings.